The molecule has 4 rings (SSSR count). The first-order valence-electron chi connectivity index (χ1n) is 10.9. The second-order valence-electron chi connectivity index (χ2n) is 8.77. The standard InChI is InChI=1S/C22H34N4O/c27-22(26-10-2-1-3-11-26)8-4-7-21-20-12-19(14-24-21)16-25(17-20)15-18-6-5-9-23-13-18/h5-6,9,13,19-21,24H,1-4,7-8,10-12,14-17H2/t19?,20?,21-/m1/s1. The fraction of sp³-hybridized carbons (Fsp3) is 0.727. The molecule has 3 aliphatic rings. The fourth-order valence-electron chi connectivity index (χ4n) is 5.26. The third-order valence-corrected chi connectivity index (χ3v) is 6.63. The number of nitrogens with zero attached hydrogens (tertiary/aromatic N) is 3. The van der Waals surface area contributed by atoms with Crippen molar-refractivity contribution in [3.63, 3.8) is 0 Å². The van der Waals surface area contributed by atoms with Crippen LogP contribution in [0.3, 0.4) is 0 Å². The number of carbonyl (C=O) groups is 1. The molecule has 5 nitrogen and oxygen atoms in total. The number of likely N-dealkylation sites (tertiary alicyclic amines) is 2. The Kier molecular flexibility index (Phi) is 6.40. The molecular weight excluding hydrogens is 336 g/mol. The van der Waals surface area contributed by atoms with E-state index in [1.54, 1.807) is 0 Å². The Morgan fingerprint density at radius 3 is 2.93 bits per heavy atom. The number of aromatic nitrogens is 1. The second kappa shape index (κ2) is 9.16. The molecule has 3 atom stereocenters. The van der Waals surface area contributed by atoms with Gasteiger partial charge in [0, 0.05) is 57.6 Å². The Bertz CT molecular complexity index is 602. The number of carbonyl (C=O) groups excluding carboxylic acids is 1. The summed E-state index contributed by atoms with van der Waals surface area (Å²) in [7, 11) is 0. The Labute approximate surface area is 163 Å². The van der Waals surface area contributed by atoms with Crippen molar-refractivity contribution in [3.8, 4) is 0 Å². The average Bonchev–Trinajstić information content (AvgIpc) is 2.71. The molecule has 27 heavy (non-hydrogen) atoms. The third-order valence-electron chi connectivity index (χ3n) is 6.63. The molecule has 3 aliphatic heterocycles. The molecule has 148 valence electrons. The summed E-state index contributed by atoms with van der Waals surface area (Å²) < 4.78 is 0. The van der Waals surface area contributed by atoms with Crippen molar-refractivity contribution < 1.29 is 4.79 Å². The van der Waals surface area contributed by atoms with Crippen LogP contribution in [-0.4, -0.2) is 59.5 Å². The van der Waals surface area contributed by atoms with Gasteiger partial charge >= 0.3 is 0 Å². The largest absolute Gasteiger partial charge is 0.343 e. The van der Waals surface area contributed by atoms with Gasteiger partial charge in [-0.1, -0.05) is 6.07 Å². The summed E-state index contributed by atoms with van der Waals surface area (Å²) in [6, 6.07) is 4.79. The normalized spacial score (nSPS) is 28.9. The number of pyridine rings is 1. The van der Waals surface area contributed by atoms with Crippen LogP contribution in [0.2, 0.25) is 0 Å². The van der Waals surface area contributed by atoms with E-state index in [-0.39, 0.29) is 0 Å². The van der Waals surface area contributed by atoms with E-state index >= 15 is 0 Å². The van der Waals surface area contributed by atoms with Gasteiger partial charge in [0.25, 0.3) is 0 Å². The van der Waals surface area contributed by atoms with Gasteiger partial charge in [-0.05, 0) is 68.5 Å². The minimum absolute atomic E-state index is 0.380. The molecule has 0 aromatic carbocycles. The van der Waals surface area contributed by atoms with E-state index in [4.69, 9.17) is 0 Å². The van der Waals surface area contributed by atoms with Gasteiger partial charge in [0.05, 0.1) is 0 Å². The highest BCUT2D eigenvalue weighted by atomic mass is 16.2. The lowest BCUT2D eigenvalue weighted by Gasteiger charge is -2.46. The molecule has 4 heterocycles. The van der Waals surface area contributed by atoms with Crippen LogP contribution < -0.4 is 5.32 Å². The first-order chi connectivity index (χ1) is 13.3. The van der Waals surface area contributed by atoms with Gasteiger partial charge < -0.3 is 10.2 Å². The van der Waals surface area contributed by atoms with Crippen molar-refractivity contribution in [2.24, 2.45) is 11.8 Å². The maximum Gasteiger partial charge on any atom is 0.222 e. The number of amides is 1. The number of hydrogen-bond acceptors (Lipinski definition) is 4. The maximum atomic E-state index is 12.4. The van der Waals surface area contributed by atoms with Crippen LogP contribution in [0.15, 0.2) is 24.5 Å². The topological polar surface area (TPSA) is 48.5 Å². The zero-order valence-electron chi connectivity index (χ0n) is 16.5. The molecule has 3 fully saturated rings. The predicted molar refractivity (Wildman–Crippen MR) is 107 cm³/mol. The minimum atomic E-state index is 0.380. The summed E-state index contributed by atoms with van der Waals surface area (Å²) in [6.07, 6.45) is 11.7. The van der Waals surface area contributed by atoms with Crippen molar-refractivity contribution in [3.05, 3.63) is 30.1 Å². The van der Waals surface area contributed by atoms with Crippen LogP contribution in [0.4, 0.5) is 0 Å². The van der Waals surface area contributed by atoms with Crippen LogP contribution in [0, 0.1) is 11.8 Å². The molecule has 0 aliphatic carbocycles. The van der Waals surface area contributed by atoms with Crippen molar-refractivity contribution in [2.45, 2.75) is 57.5 Å². The van der Waals surface area contributed by atoms with E-state index in [1.807, 2.05) is 18.5 Å². The fourth-order valence-corrected chi connectivity index (χ4v) is 5.26. The molecule has 5 heteroatoms. The summed E-state index contributed by atoms with van der Waals surface area (Å²) in [4.78, 5) is 21.4. The zero-order valence-corrected chi connectivity index (χ0v) is 16.5. The first-order valence-corrected chi connectivity index (χ1v) is 10.9. The van der Waals surface area contributed by atoms with E-state index in [2.05, 4.69) is 26.2 Å². The number of nitrogens with one attached hydrogen (secondary N) is 1. The van der Waals surface area contributed by atoms with Crippen molar-refractivity contribution >= 4 is 5.91 Å². The average molecular weight is 371 g/mol. The van der Waals surface area contributed by atoms with Gasteiger partial charge in [0.1, 0.15) is 0 Å². The van der Waals surface area contributed by atoms with Crippen LogP contribution in [0.1, 0.15) is 50.5 Å². The Morgan fingerprint density at radius 2 is 2.11 bits per heavy atom. The molecule has 1 aromatic rings. The van der Waals surface area contributed by atoms with Gasteiger partial charge in [-0.2, -0.15) is 0 Å². The molecule has 1 amide bonds. The highest BCUT2D eigenvalue weighted by Gasteiger charge is 2.36. The van der Waals surface area contributed by atoms with E-state index in [9.17, 15) is 4.79 Å². The quantitative estimate of drug-likeness (QED) is 0.836. The summed E-state index contributed by atoms with van der Waals surface area (Å²) in [5.74, 6) is 1.87. The first kappa shape index (κ1) is 18.9. The lowest BCUT2D eigenvalue weighted by atomic mass is 9.79. The Balaban J connectivity index is 1.24. The summed E-state index contributed by atoms with van der Waals surface area (Å²) in [5.41, 5.74) is 1.31. The zero-order chi connectivity index (χ0) is 18.5. The lowest BCUT2D eigenvalue weighted by Crippen LogP contribution is -2.55. The van der Waals surface area contributed by atoms with Crippen LogP contribution in [-0.2, 0) is 11.3 Å². The molecule has 0 saturated carbocycles. The second-order valence-corrected chi connectivity index (χ2v) is 8.77. The highest BCUT2D eigenvalue weighted by Crippen LogP contribution is 2.31. The Hall–Kier alpha value is -1.46. The maximum absolute atomic E-state index is 12.4. The molecule has 2 bridgehead atoms. The summed E-state index contributed by atoms with van der Waals surface area (Å²) >= 11 is 0. The van der Waals surface area contributed by atoms with Crippen molar-refractivity contribution in [1.82, 2.24) is 20.1 Å². The molecule has 0 radical (unpaired) electrons. The monoisotopic (exact) mass is 370 g/mol. The molecule has 0 spiro atoms. The summed E-state index contributed by atoms with van der Waals surface area (Å²) in [6.45, 7) is 6.47. The van der Waals surface area contributed by atoms with E-state index in [0.717, 1.165) is 57.3 Å². The van der Waals surface area contributed by atoms with E-state index in [0.29, 0.717) is 11.9 Å². The van der Waals surface area contributed by atoms with Crippen molar-refractivity contribution in [1.29, 1.82) is 0 Å². The van der Waals surface area contributed by atoms with Gasteiger partial charge in [-0.3, -0.25) is 14.7 Å². The smallest absolute Gasteiger partial charge is 0.222 e. The molecular formula is C22H34N4O. The molecule has 1 N–H and O–H groups in total. The highest BCUT2D eigenvalue weighted by molar-refractivity contribution is 5.76. The lowest BCUT2D eigenvalue weighted by molar-refractivity contribution is -0.132. The van der Waals surface area contributed by atoms with Crippen molar-refractivity contribution in [2.75, 3.05) is 32.7 Å². The number of rotatable bonds is 6. The minimum Gasteiger partial charge on any atom is -0.343 e. The van der Waals surface area contributed by atoms with Gasteiger partial charge in [-0.25, -0.2) is 0 Å². The molecule has 3 saturated heterocycles. The molecule has 1 aromatic heterocycles. The van der Waals surface area contributed by atoms with Gasteiger partial charge in [0.2, 0.25) is 5.91 Å². The molecule has 2 unspecified atom stereocenters. The Morgan fingerprint density at radius 1 is 1.22 bits per heavy atom. The summed E-state index contributed by atoms with van der Waals surface area (Å²) in [5, 5.41) is 3.79. The van der Waals surface area contributed by atoms with Crippen LogP contribution in [0.25, 0.3) is 0 Å². The predicted octanol–water partition coefficient (Wildman–Crippen LogP) is 2.67. The van der Waals surface area contributed by atoms with E-state index in [1.165, 1.54) is 44.3 Å². The van der Waals surface area contributed by atoms with Crippen LogP contribution >= 0.6 is 0 Å². The van der Waals surface area contributed by atoms with Gasteiger partial charge in [0.15, 0.2) is 0 Å². The van der Waals surface area contributed by atoms with E-state index < -0.39 is 0 Å². The third kappa shape index (κ3) is 5.08. The van der Waals surface area contributed by atoms with Gasteiger partial charge in [-0.15, -0.1) is 0 Å². The SMILES string of the molecule is O=C(CCC[C@H]1NCC2CC1CN(Cc1cccnc1)C2)N1CCCCC1. The number of fused-ring (bicyclic) bond motifs is 2. The number of piperidine rings is 3. The van der Waals surface area contributed by atoms with Crippen LogP contribution in [0.5, 0.6) is 0 Å². The number of hydrogen-bond donors (Lipinski definition) is 1.